The number of piperidine rings is 1. The van der Waals surface area contributed by atoms with E-state index in [1.807, 2.05) is 4.90 Å². The fourth-order valence-corrected chi connectivity index (χ4v) is 3.40. The predicted octanol–water partition coefficient (Wildman–Crippen LogP) is 0.0991. The van der Waals surface area contributed by atoms with Crippen molar-refractivity contribution in [3.63, 3.8) is 0 Å². The van der Waals surface area contributed by atoms with Crippen molar-refractivity contribution in [2.24, 2.45) is 5.22 Å². The molecule has 0 aromatic rings. The number of aliphatic hydroxyl groups is 3. The molecular formula is C12H25N5O3S. The molecule has 4 atom stereocenters. The molecule has 1 heterocycles. The second-order valence-electron chi connectivity index (χ2n) is 5.16. The summed E-state index contributed by atoms with van der Waals surface area (Å²) in [4.78, 5) is 1.96. The van der Waals surface area contributed by atoms with Gasteiger partial charge in [-0.1, -0.05) is 30.3 Å². The normalized spacial score (nSPS) is 30.1. The van der Waals surface area contributed by atoms with Gasteiger partial charge in [-0.05, 0) is 13.0 Å². The van der Waals surface area contributed by atoms with Gasteiger partial charge in [-0.2, -0.15) is 5.53 Å². The minimum atomic E-state index is -1.05. The molecule has 1 rings (SSSR count). The van der Waals surface area contributed by atoms with Crippen LogP contribution in [0, 0.1) is 10.9 Å². The van der Waals surface area contributed by atoms with Crippen molar-refractivity contribution in [1.82, 2.24) is 9.91 Å². The van der Waals surface area contributed by atoms with Crippen molar-refractivity contribution in [3.05, 3.63) is 0 Å². The molecule has 9 heteroatoms. The van der Waals surface area contributed by atoms with Gasteiger partial charge < -0.3 is 15.3 Å². The van der Waals surface area contributed by atoms with Crippen LogP contribution in [-0.4, -0.2) is 80.6 Å². The Morgan fingerprint density at radius 1 is 1.43 bits per heavy atom. The molecule has 0 saturated carbocycles. The summed E-state index contributed by atoms with van der Waals surface area (Å²) in [5.41, 5.74) is 6.88. The van der Waals surface area contributed by atoms with Crippen LogP contribution in [0.4, 0.5) is 0 Å². The first-order chi connectivity index (χ1) is 9.96. The van der Waals surface area contributed by atoms with E-state index in [1.165, 1.54) is 7.05 Å². The largest absolute Gasteiger partial charge is 0.395 e. The van der Waals surface area contributed by atoms with Crippen LogP contribution >= 0.6 is 11.8 Å². The Labute approximate surface area is 129 Å². The topological polar surface area (TPSA) is 127 Å². The first-order valence-corrected chi connectivity index (χ1v) is 7.91. The molecule has 0 aromatic carbocycles. The number of rotatable bonds is 6. The van der Waals surface area contributed by atoms with Crippen molar-refractivity contribution in [2.45, 2.75) is 43.3 Å². The van der Waals surface area contributed by atoms with Crippen molar-refractivity contribution in [2.75, 3.05) is 26.7 Å². The van der Waals surface area contributed by atoms with Crippen LogP contribution in [-0.2, 0) is 0 Å². The second kappa shape index (κ2) is 8.64. The molecule has 1 fully saturated rings. The van der Waals surface area contributed by atoms with Gasteiger partial charge in [-0.25, -0.2) is 5.01 Å². The molecule has 0 radical (unpaired) electrons. The lowest BCUT2D eigenvalue weighted by atomic mass is 9.95. The fourth-order valence-electron chi connectivity index (χ4n) is 2.35. The van der Waals surface area contributed by atoms with Gasteiger partial charge in [0.05, 0.1) is 30.1 Å². The molecule has 122 valence electrons. The lowest BCUT2D eigenvalue weighted by molar-refractivity contribution is -0.0857. The number of nitrogens with zero attached hydrogens (tertiary/aromatic N) is 3. The van der Waals surface area contributed by atoms with Crippen LogP contribution in [0.1, 0.15) is 19.8 Å². The molecule has 1 aliphatic heterocycles. The van der Waals surface area contributed by atoms with Gasteiger partial charge in [0.15, 0.2) is 5.17 Å². The molecule has 0 spiro atoms. The van der Waals surface area contributed by atoms with Crippen molar-refractivity contribution >= 4 is 16.9 Å². The number of nitrogens with one attached hydrogen (secondary N) is 2. The number of unbranched alkanes of at least 4 members (excludes halogenated alkanes) is 1. The van der Waals surface area contributed by atoms with Crippen LogP contribution in [0.2, 0.25) is 0 Å². The monoisotopic (exact) mass is 319 g/mol. The van der Waals surface area contributed by atoms with Gasteiger partial charge in [0.25, 0.3) is 0 Å². The Morgan fingerprint density at radius 2 is 2.10 bits per heavy atom. The highest BCUT2D eigenvalue weighted by molar-refractivity contribution is 8.14. The first kappa shape index (κ1) is 18.3. The molecule has 5 N–H and O–H groups in total. The van der Waals surface area contributed by atoms with E-state index < -0.39 is 23.5 Å². The molecule has 8 nitrogen and oxygen atoms in total. The van der Waals surface area contributed by atoms with E-state index in [9.17, 15) is 15.3 Å². The number of aliphatic hydroxyl groups excluding tert-OH is 3. The number of hydrogen-bond acceptors (Lipinski definition) is 8. The van der Waals surface area contributed by atoms with Crippen LogP contribution in [0.3, 0.4) is 0 Å². The Kier molecular flexibility index (Phi) is 7.53. The third-order valence-corrected chi connectivity index (χ3v) is 4.92. The van der Waals surface area contributed by atoms with Crippen LogP contribution < -0.4 is 0 Å². The zero-order valence-electron chi connectivity index (χ0n) is 12.4. The Bertz CT molecular complexity index is 360. The Balaban J connectivity index is 2.76. The molecule has 1 aliphatic rings. The number of hydrogen-bond donors (Lipinski definition) is 5. The third-order valence-electron chi connectivity index (χ3n) is 3.70. The summed E-state index contributed by atoms with van der Waals surface area (Å²) in [7, 11) is 1.49. The van der Waals surface area contributed by atoms with E-state index in [-0.39, 0.29) is 11.8 Å². The smallest absolute Gasteiger partial charge is 0.178 e. The van der Waals surface area contributed by atoms with Gasteiger partial charge >= 0.3 is 0 Å². The zero-order valence-corrected chi connectivity index (χ0v) is 13.3. The van der Waals surface area contributed by atoms with Gasteiger partial charge in [-0.15, -0.1) is 0 Å². The quantitative estimate of drug-likeness (QED) is 0.204. The van der Waals surface area contributed by atoms with E-state index >= 15 is 0 Å². The Morgan fingerprint density at radius 3 is 2.62 bits per heavy atom. The van der Waals surface area contributed by atoms with Crippen LogP contribution in [0.15, 0.2) is 5.22 Å². The molecular weight excluding hydrogens is 294 g/mol. The van der Waals surface area contributed by atoms with Gasteiger partial charge in [-0.3, -0.25) is 10.3 Å². The summed E-state index contributed by atoms with van der Waals surface area (Å²) in [6.07, 6.45) is -0.133. The molecule has 1 saturated heterocycles. The van der Waals surface area contributed by atoms with Gasteiger partial charge in [0.2, 0.25) is 0 Å². The molecule has 0 aromatic heterocycles. The van der Waals surface area contributed by atoms with Crippen LogP contribution in [0.25, 0.3) is 0 Å². The van der Waals surface area contributed by atoms with E-state index in [2.05, 4.69) is 12.1 Å². The maximum absolute atomic E-state index is 10.2. The summed E-state index contributed by atoms with van der Waals surface area (Å²) in [6, 6.07) is -0.476. The van der Waals surface area contributed by atoms with E-state index in [4.69, 9.17) is 10.9 Å². The molecule has 0 amide bonds. The Hall–Kier alpha value is -0.740. The van der Waals surface area contributed by atoms with E-state index in [0.717, 1.165) is 36.2 Å². The summed E-state index contributed by atoms with van der Waals surface area (Å²) in [5.74, 6) is 0. The highest BCUT2D eigenvalue weighted by Crippen LogP contribution is 2.28. The number of thioether (sulfide) groups is 1. The maximum Gasteiger partial charge on any atom is 0.178 e. The first-order valence-electron chi connectivity index (χ1n) is 7.03. The molecule has 0 unspecified atom stereocenters. The third kappa shape index (κ3) is 4.62. The lowest BCUT2D eigenvalue weighted by Crippen LogP contribution is -2.62. The minimum absolute atomic E-state index is 0.0409. The predicted molar refractivity (Wildman–Crippen MR) is 81.4 cm³/mol. The highest BCUT2D eigenvalue weighted by atomic mass is 32.2. The summed E-state index contributed by atoms with van der Waals surface area (Å²) < 4.78 is 0. The van der Waals surface area contributed by atoms with Gasteiger partial charge in [0, 0.05) is 13.6 Å². The minimum Gasteiger partial charge on any atom is -0.395 e. The van der Waals surface area contributed by atoms with E-state index in [1.54, 1.807) is 0 Å². The van der Waals surface area contributed by atoms with Crippen molar-refractivity contribution in [3.8, 4) is 0 Å². The maximum atomic E-state index is 10.2. The molecule has 0 aliphatic carbocycles. The van der Waals surface area contributed by atoms with Crippen molar-refractivity contribution in [1.29, 1.82) is 10.9 Å². The standard InChI is InChI=1S/C12H25N5O3S/c1-3-4-5-17-6-9(21-12(13)16(2)15-14)11(20)10(19)8(17)7-18/h8-11,13-14,18-20H,3-7H2,1-2H3/t8-,9+,10-,11-/m1/s1. The average Bonchev–Trinajstić information content (AvgIpc) is 2.49. The van der Waals surface area contributed by atoms with Crippen LogP contribution in [0.5, 0.6) is 0 Å². The summed E-state index contributed by atoms with van der Waals surface area (Å²) in [6.45, 7) is 3.06. The van der Waals surface area contributed by atoms with E-state index in [0.29, 0.717) is 6.54 Å². The second-order valence-corrected chi connectivity index (χ2v) is 6.39. The molecule has 21 heavy (non-hydrogen) atoms. The molecule has 0 bridgehead atoms. The average molecular weight is 319 g/mol. The van der Waals surface area contributed by atoms with Crippen molar-refractivity contribution < 1.29 is 15.3 Å². The fraction of sp³-hybridized carbons (Fsp3) is 0.917. The zero-order chi connectivity index (χ0) is 16.0. The SMILES string of the molecule is CCCCN1C[C@H](SC(=N)N(C)N=N)[C@@H](O)[C@H](O)[C@H]1CO. The summed E-state index contributed by atoms with van der Waals surface area (Å²) in [5, 5.41) is 41.5. The number of amidine groups is 1. The lowest BCUT2D eigenvalue weighted by Gasteiger charge is -2.44. The van der Waals surface area contributed by atoms with Gasteiger partial charge in [0.1, 0.15) is 0 Å². The number of likely N-dealkylation sites (tertiary alicyclic amines) is 1. The highest BCUT2D eigenvalue weighted by Gasteiger charge is 2.42. The summed E-state index contributed by atoms with van der Waals surface area (Å²) >= 11 is 1.08.